The highest BCUT2D eigenvalue weighted by Gasteiger charge is 2.34. The van der Waals surface area contributed by atoms with Crippen LogP contribution in [0.4, 0.5) is 13.2 Å². The Morgan fingerprint density at radius 3 is 2.57 bits per heavy atom. The van der Waals surface area contributed by atoms with Crippen LogP contribution in [0.1, 0.15) is 24.0 Å². The fourth-order valence-electron chi connectivity index (χ4n) is 2.70. The summed E-state index contributed by atoms with van der Waals surface area (Å²) in [4.78, 5) is 14.3. The minimum atomic E-state index is -4.48. The summed E-state index contributed by atoms with van der Waals surface area (Å²) >= 11 is 0. The number of ether oxygens (including phenoxy) is 1. The van der Waals surface area contributed by atoms with Crippen molar-refractivity contribution in [3.8, 4) is 5.75 Å². The van der Waals surface area contributed by atoms with E-state index in [0.717, 1.165) is 32.0 Å². The second-order valence-corrected chi connectivity index (χ2v) is 5.82. The van der Waals surface area contributed by atoms with Crippen LogP contribution in [0.3, 0.4) is 0 Å². The lowest BCUT2D eigenvalue weighted by molar-refractivity contribution is -0.138. The lowest BCUT2D eigenvalue weighted by Gasteiger charge is -2.28. The number of hydrogen-bond donors (Lipinski definition) is 1. The van der Waals surface area contributed by atoms with Crippen molar-refractivity contribution in [2.24, 2.45) is 5.92 Å². The van der Waals surface area contributed by atoms with Crippen molar-refractivity contribution >= 4 is 5.91 Å². The Kier molecular flexibility index (Phi) is 5.51. The SMILES string of the molecule is COc1ccc(CNC(=O)C2CCN(C)CC2)c(C(F)(F)F)c1. The summed E-state index contributed by atoms with van der Waals surface area (Å²) in [5, 5.41) is 2.64. The monoisotopic (exact) mass is 330 g/mol. The molecule has 0 bridgehead atoms. The largest absolute Gasteiger partial charge is 0.497 e. The van der Waals surface area contributed by atoms with Crippen LogP contribution in [-0.4, -0.2) is 38.1 Å². The van der Waals surface area contributed by atoms with Gasteiger partial charge in [0.1, 0.15) is 5.75 Å². The lowest BCUT2D eigenvalue weighted by atomic mass is 9.96. The van der Waals surface area contributed by atoms with Gasteiger partial charge in [-0.05, 0) is 50.7 Å². The highest BCUT2D eigenvalue weighted by molar-refractivity contribution is 5.78. The minimum Gasteiger partial charge on any atom is -0.497 e. The van der Waals surface area contributed by atoms with Gasteiger partial charge in [0.05, 0.1) is 12.7 Å². The fourth-order valence-corrected chi connectivity index (χ4v) is 2.70. The molecule has 1 fully saturated rings. The van der Waals surface area contributed by atoms with Crippen LogP contribution in [-0.2, 0) is 17.5 Å². The van der Waals surface area contributed by atoms with Crippen LogP contribution in [0.5, 0.6) is 5.75 Å². The van der Waals surface area contributed by atoms with Gasteiger partial charge in [0.25, 0.3) is 0 Å². The third-order valence-electron chi connectivity index (χ3n) is 4.16. The van der Waals surface area contributed by atoms with Gasteiger partial charge in [0.2, 0.25) is 5.91 Å². The molecule has 0 unspecified atom stereocenters. The molecule has 2 rings (SSSR count). The summed E-state index contributed by atoms with van der Waals surface area (Å²) in [6.07, 6.45) is -3.02. The Morgan fingerprint density at radius 2 is 2.00 bits per heavy atom. The van der Waals surface area contributed by atoms with Crippen LogP contribution in [0.25, 0.3) is 0 Å². The highest BCUT2D eigenvalue weighted by atomic mass is 19.4. The maximum absolute atomic E-state index is 13.1. The molecule has 1 heterocycles. The molecule has 0 radical (unpaired) electrons. The molecular formula is C16H21F3N2O2. The van der Waals surface area contributed by atoms with E-state index in [4.69, 9.17) is 4.74 Å². The molecule has 1 amide bonds. The van der Waals surface area contributed by atoms with Crippen molar-refractivity contribution in [1.29, 1.82) is 0 Å². The maximum atomic E-state index is 13.1. The van der Waals surface area contributed by atoms with E-state index in [1.165, 1.54) is 19.2 Å². The van der Waals surface area contributed by atoms with Gasteiger partial charge >= 0.3 is 6.18 Å². The van der Waals surface area contributed by atoms with E-state index in [1.807, 2.05) is 7.05 Å². The number of hydrogen-bond acceptors (Lipinski definition) is 3. The molecule has 7 heteroatoms. The third-order valence-corrected chi connectivity index (χ3v) is 4.16. The van der Waals surface area contributed by atoms with Crippen molar-refractivity contribution in [1.82, 2.24) is 10.2 Å². The van der Waals surface area contributed by atoms with Gasteiger partial charge in [-0.15, -0.1) is 0 Å². The van der Waals surface area contributed by atoms with Crippen molar-refractivity contribution in [2.75, 3.05) is 27.2 Å². The number of halogens is 3. The second kappa shape index (κ2) is 7.21. The molecular weight excluding hydrogens is 309 g/mol. The van der Waals surface area contributed by atoms with E-state index in [2.05, 4.69) is 10.2 Å². The first-order valence-corrected chi connectivity index (χ1v) is 7.51. The molecule has 0 aromatic heterocycles. The Labute approximate surface area is 133 Å². The molecule has 0 spiro atoms. The van der Waals surface area contributed by atoms with E-state index in [-0.39, 0.29) is 29.7 Å². The number of alkyl halides is 3. The normalized spacial score (nSPS) is 17.1. The molecule has 1 aliphatic rings. The van der Waals surface area contributed by atoms with Gasteiger partial charge < -0.3 is 15.0 Å². The number of nitrogens with zero attached hydrogens (tertiary/aromatic N) is 1. The molecule has 1 saturated heterocycles. The molecule has 0 atom stereocenters. The molecule has 1 aliphatic heterocycles. The smallest absolute Gasteiger partial charge is 0.416 e. The van der Waals surface area contributed by atoms with Crippen LogP contribution < -0.4 is 10.1 Å². The zero-order valence-corrected chi connectivity index (χ0v) is 13.2. The van der Waals surface area contributed by atoms with Crippen molar-refractivity contribution in [2.45, 2.75) is 25.6 Å². The predicted molar refractivity (Wildman–Crippen MR) is 80.1 cm³/mol. The van der Waals surface area contributed by atoms with Gasteiger partial charge in [-0.25, -0.2) is 0 Å². The molecule has 1 N–H and O–H groups in total. The zero-order chi connectivity index (χ0) is 17.0. The summed E-state index contributed by atoms with van der Waals surface area (Å²) in [5.74, 6) is -0.163. The first-order chi connectivity index (χ1) is 10.8. The fraction of sp³-hybridized carbons (Fsp3) is 0.562. The lowest BCUT2D eigenvalue weighted by Crippen LogP contribution is -2.38. The Hall–Kier alpha value is -1.76. The van der Waals surface area contributed by atoms with Gasteiger partial charge in [-0.2, -0.15) is 13.2 Å². The van der Waals surface area contributed by atoms with Gasteiger partial charge in [0.15, 0.2) is 0 Å². The number of rotatable bonds is 4. The number of likely N-dealkylation sites (tertiary alicyclic amines) is 1. The van der Waals surface area contributed by atoms with E-state index in [9.17, 15) is 18.0 Å². The topological polar surface area (TPSA) is 41.6 Å². The van der Waals surface area contributed by atoms with Gasteiger partial charge in [0, 0.05) is 12.5 Å². The molecule has 0 saturated carbocycles. The quantitative estimate of drug-likeness (QED) is 0.923. The van der Waals surface area contributed by atoms with E-state index in [0.29, 0.717) is 0 Å². The van der Waals surface area contributed by atoms with Crippen molar-refractivity contribution in [3.63, 3.8) is 0 Å². The molecule has 1 aromatic rings. The summed E-state index contributed by atoms with van der Waals surface area (Å²) in [7, 11) is 3.30. The van der Waals surface area contributed by atoms with Crippen LogP contribution >= 0.6 is 0 Å². The average Bonchev–Trinajstić information content (AvgIpc) is 2.52. The first kappa shape index (κ1) is 17.6. The van der Waals surface area contributed by atoms with Gasteiger partial charge in [-0.1, -0.05) is 6.07 Å². The minimum absolute atomic E-state index is 0.0413. The van der Waals surface area contributed by atoms with Crippen LogP contribution in [0, 0.1) is 5.92 Å². The number of nitrogens with one attached hydrogen (secondary N) is 1. The standard InChI is InChI=1S/C16H21F3N2O2/c1-21-7-5-11(6-8-21)15(22)20-10-12-3-4-13(23-2)9-14(12)16(17,18)19/h3-4,9,11H,5-8,10H2,1-2H3,(H,20,22). The molecule has 4 nitrogen and oxygen atoms in total. The number of carbonyl (C=O) groups is 1. The highest BCUT2D eigenvalue weighted by Crippen LogP contribution is 2.34. The number of piperidine rings is 1. The second-order valence-electron chi connectivity index (χ2n) is 5.82. The Bertz CT molecular complexity index is 553. The van der Waals surface area contributed by atoms with Crippen molar-refractivity contribution < 1.29 is 22.7 Å². The van der Waals surface area contributed by atoms with Crippen LogP contribution in [0.2, 0.25) is 0 Å². The molecule has 0 aliphatic carbocycles. The van der Waals surface area contributed by atoms with Gasteiger partial charge in [-0.3, -0.25) is 4.79 Å². The number of methoxy groups -OCH3 is 1. The maximum Gasteiger partial charge on any atom is 0.416 e. The van der Waals surface area contributed by atoms with Crippen LogP contribution in [0.15, 0.2) is 18.2 Å². The van der Waals surface area contributed by atoms with E-state index < -0.39 is 11.7 Å². The molecule has 23 heavy (non-hydrogen) atoms. The summed E-state index contributed by atoms with van der Waals surface area (Å²) < 4.78 is 44.2. The first-order valence-electron chi connectivity index (χ1n) is 7.51. The Morgan fingerprint density at radius 1 is 1.35 bits per heavy atom. The zero-order valence-electron chi connectivity index (χ0n) is 13.2. The molecule has 1 aromatic carbocycles. The number of amides is 1. The number of benzene rings is 1. The summed E-state index contributed by atoms with van der Waals surface area (Å²) in [6.45, 7) is 1.52. The molecule has 128 valence electrons. The number of carbonyl (C=O) groups excluding carboxylic acids is 1. The Balaban J connectivity index is 2.04. The van der Waals surface area contributed by atoms with Crippen molar-refractivity contribution in [3.05, 3.63) is 29.3 Å². The average molecular weight is 330 g/mol. The van der Waals surface area contributed by atoms with E-state index >= 15 is 0 Å². The predicted octanol–water partition coefficient (Wildman–Crippen LogP) is 2.67. The summed E-state index contributed by atoms with van der Waals surface area (Å²) in [5.41, 5.74) is -0.736. The summed E-state index contributed by atoms with van der Waals surface area (Å²) in [6, 6.07) is 3.76. The van der Waals surface area contributed by atoms with E-state index in [1.54, 1.807) is 0 Å². The third kappa shape index (κ3) is 4.60.